The molecule has 0 aliphatic carbocycles. The second-order valence-electron chi connectivity index (χ2n) is 6.57. The topological polar surface area (TPSA) is 74.4 Å². The number of fused-ring (bicyclic) bond motifs is 1. The first-order valence-electron chi connectivity index (χ1n) is 9.32. The van der Waals surface area contributed by atoms with Gasteiger partial charge in [-0.2, -0.15) is 0 Å². The summed E-state index contributed by atoms with van der Waals surface area (Å²) in [6.45, 7) is 2.99. The van der Waals surface area contributed by atoms with Gasteiger partial charge in [0.2, 0.25) is 5.91 Å². The second-order valence-corrected chi connectivity index (χ2v) is 6.57. The van der Waals surface area contributed by atoms with Crippen molar-refractivity contribution < 1.29 is 14.3 Å². The normalized spacial score (nSPS) is 10.6. The van der Waals surface area contributed by atoms with Gasteiger partial charge in [-0.25, -0.2) is 0 Å². The van der Waals surface area contributed by atoms with Gasteiger partial charge in [0.25, 0.3) is 5.91 Å². The third-order valence-electron chi connectivity index (χ3n) is 4.79. The minimum atomic E-state index is -0.211. The number of hydrogen-bond donors (Lipinski definition) is 2. The van der Waals surface area contributed by atoms with E-state index in [1.807, 2.05) is 30.5 Å². The molecule has 2 aromatic carbocycles. The fourth-order valence-electron chi connectivity index (χ4n) is 3.25. The minimum Gasteiger partial charge on any atom is -0.496 e. The monoisotopic (exact) mass is 379 g/mol. The zero-order chi connectivity index (χ0) is 19.9. The van der Waals surface area contributed by atoms with Crippen LogP contribution in [0.4, 0.5) is 0 Å². The highest BCUT2D eigenvalue weighted by Gasteiger charge is 2.13. The molecule has 0 aliphatic heterocycles. The number of para-hydroxylation sites is 2. The number of nitrogens with zero attached hydrogens (tertiary/aromatic N) is 1. The van der Waals surface area contributed by atoms with Gasteiger partial charge < -0.3 is 19.9 Å². The van der Waals surface area contributed by atoms with Crippen molar-refractivity contribution in [1.29, 1.82) is 0 Å². The van der Waals surface area contributed by atoms with Crippen molar-refractivity contribution in [3.63, 3.8) is 0 Å². The van der Waals surface area contributed by atoms with Crippen LogP contribution in [0.2, 0.25) is 0 Å². The Morgan fingerprint density at radius 1 is 1.07 bits per heavy atom. The zero-order valence-corrected chi connectivity index (χ0v) is 16.2. The number of carbonyl (C=O) groups excluding carboxylic acids is 2. The van der Waals surface area contributed by atoms with Crippen LogP contribution < -0.4 is 10.1 Å². The van der Waals surface area contributed by atoms with Gasteiger partial charge in [0, 0.05) is 43.7 Å². The lowest BCUT2D eigenvalue weighted by Crippen LogP contribution is -2.38. The molecule has 3 aromatic rings. The molecule has 0 saturated carbocycles. The van der Waals surface area contributed by atoms with E-state index in [1.165, 1.54) is 18.1 Å². The molecule has 0 saturated heterocycles. The fourth-order valence-corrected chi connectivity index (χ4v) is 3.25. The molecule has 28 heavy (non-hydrogen) atoms. The van der Waals surface area contributed by atoms with Crippen LogP contribution in [0, 0.1) is 0 Å². The van der Waals surface area contributed by atoms with Crippen LogP contribution in [-0.2, 0) is 11.2 Å². The second kappa shape index (κ2) is 9.08. The standard InChI is InChI=1S/C22H25N3O3/c1-16(26)25(13-11-17-15-24-20-9-5-3-7-18(17)20)14-12-23-22(27)19-8-4-6-10-21(19)28-2/h3-10,15,24H,11-14H2,1-2H3,(H,23,27). The van der Waals surface area contributed by atoms with E-state index < -0.39 is 0 Å². The first-order valence-corrected chi connectivity index (χ1v) is 9.32. The Labute approximate surface area is 164 Å². The molecule has 146 valence electrons. The summed E-state index contributed by atoms with van der Waals surface area (Å²) in [6, 6.07) is 15.2. The molecule has 2 N–H and O–H groups in total. The number of methoxy groups -OCH3 is 1. The molecule has 0 spiro atoms. The minimum absolute atomic E-state index is 0.00798. The van der Waals surface area contributed by atoms with Crippen LogP contribution in [0.25, 0.3) is 10.9 Å². The molecule has 6 nitrogen and oxygen atoms in total. The third kappa shape index (κ3) is 4.52. The van der Waals surface area contributed by atoms with E-state index in [1.54, 1.807) is 30.0 Å². The van der Waals surface area contributed by atoms with E-state index in [9.17, 15) is 9.59 Å². The van der Waals surface area contributed by atoms with Crippen molar-refractivity contribution in [2.24, 2.45) is 0 Å². The molecular weight excluding hydrogens is 354 g/mol. The predicted octanol–water partition coefficient (Wildman–Crippen LogP) is 3.00. The lowest BCUT2D eigenvalue weighted by Gasteiger charge is -2.21. The van der Waals surface area contributed by atoms with Gasteiger partial charge in [0.15, 0.2) is 0 Å². The molecule has 0 bridgehead atoms. The van der Waals surface area contributed by atoms with Crippen LogP contribution in [0.1, 0.15) is 22.8 Å². The zero-order valence-electron chi connectivity index (χ0n) is 16.2. The van der Waals surface area contributed by atoms with Gasteiger partial charge in [-0.15, -0.1) is 0 Å². The average Bonchev–Trinajstić information content (AvgIpc) is 3.13. The fraction of sp³-hybridized carbons (Fsp3) is 0.273. The summed E-state index contributed by atoms with van der Waals surface area (Å²) >= 11 is 0. The number of nitrogens with one attached hydrogen (secondary N) is 2. The average molecular weight is 379 g/mol. The molecule has 1 aromatic heterocycles. The number of aromatic nitrogens is 1. The summed E-state index contributed by atoms with van der Waals surface area (Å²) in [5, 5.41) is 4.04. The SMILES string of the molecule is COc1ccccc1C(=O)NCCN(CCc1c[nH]c2ccccc12)C(C)=O. The molecule has 1 heterocycles. The van der Waals surface area contributed by atoms with Crippen LogP contribution >= 0.6 is 0 Å². The molecule has 6 heteroatoms. The highest BCUT2D eigenvalue weighted by molar-refractivity contribution is 5.96. The Hall–Kier alpha value is -3.28. The molecule has 0 unspecified atom stereocenters. The van der Waals surface area contributed by atoms with Crippen LogP contribution in [-0.4, -0.2) is 48.4 Å². The number of H-pyrrole nitrogens is 1. The smallest absolute Gasteiger partial charge is 0.255 e. The van der Waals surface area contributed by atoms with Crippen molar-refractivity contribution in [3.8, 4) is 5.75 Å². The van der Waals surface area contributed by atoms with E-state index in [0.717, 1.165) is 11.9 Å². The number of amides is 2. The number of benzene rings is 2. The number of ether oxygens (including phenoxy) is 1. The Bertz CT molecular complexity index is 964. The first kappa shape index (κ1) is 19.5. The maximum absolute atomic E-state index is 12.4. The summed E-state index contributed by atoms with van der Waals surface area (Å²) in [5.41, 5.74) is 2.76. The highest BCUT2D eigenvalue weighted by Crippen LogP contribution is 2.18. The summed E-state index contributed by atoms with van der Waals surface area (Å²) in [5.74, 6) is 0.312. The summed E-state index contributed by atoms with van der Waals surface area (Å²) in [4.78, 5) is 29.4. The van der Waals surface area contributed by atoms with E-state index >= 15 is 0 Å². The molecular formula is C22H25N3O3. The third-order valence-corrected chi connectivity index (χ3v) is 4.79. The van der Waals surface area contributed by atoms with Gasteiger partial charge in [0.1, 0.15) is 5.75 Å². The van der Waals surface area contributed by atoms with Crippen molar-refractivity contribution in [2.75, 3.05) is 26.7 Å². The molecule has 0 atom stereocenters. The Morgan fingerprint density at radius 3 is 2.61 bits per heavy atom. The Balaban J connectivity index is 1.55. The maximum Gasteiger partial charge on any atom is 0.255 e. The lowest BCUT2D eigenvalue weighted by atomic mass is 10.1. The summed E-state index contributed by atoms with van der Waals surface area (Å²) < 4.78 is 5.22. The summed E-state index contributed by atoms with van der Waals surface area (Å²) in [7, 11) is 1.54. The molecule has 0 fully saturated rings. The maximum atomic E-state index is 12.4. The van der Waals surface area contributed by atoms with Gasteiger partial charge in [-0.1, -0.05) is 30.3 Å². The number of carbonyl (C=O) groups is 2. The van der Waals surface area contributed by atoms with Crippen molar-refractivity contribution >= 4 is 22.7 Å². The first-order chi connectivity index (χ1) is 13.6. The quantitative estimate of drug-likeness (QED) is 0.632. The van der Waals surface area contributed by atoms with Crippen molar-refractivity contribution in [1.82, 2.24) is 15.2 Å². The van der Waals surface area contributed by atoms with E-state index in [2.05, 4.69) is 16.4 Å². The number of aromatic amines is 1. The number of hydrogen-bond acceptors (Lipinski definition) is 3. The van der Waals surface area contributed by atoms with E-state index in [0.29, 0.717) is 30.9 Å². The molecule has 3 rings (SSSR count). The van der Waals surface area contributed by atoms with E-state index in [4.69, 9.17) is 4.74 Å². The molecule has 0 aliphatic rings. The van der Waals surface area contributed by atoms with Gasteiger partial charge in [-0.05, 0) is 30.2 Å². The van der Waals surface area contributed by atoms with E-state index in [-0.39, 0.29) is 11.8 Å². The van der Waals surface area contributed by atoms with Gasteiger partial charge in [0.05, 0.1) is 12.7 Å². The largest absolute Gasteiger partial charge is 0.496 e. The predicted molar refractivity (Wildman–Crippen MR) is 110 cm³/mol. The van der Waals surface area contributed by atoms with Gasteiger partial charge >= 0.3 is 0 Å². The van der Waals surface area contributed by atoms with Crippen LogP contribution in [0.15, 0.2) is 54.7 Å². The number of rotatable bonds is 8. The van der Waals surface area contributed by atoms with Crippen LogP contribution in [0.5, 0.6) is 5.75 Å². The Kier molecular flexibility index (Phi) is 6.32. The highest BCUT2D eigenvalue weighted by atomic mass is 16.5. The lowest BCUT2D eigenvalue weighted by molar-refractivity contribution is -0.128. The summed E-state index contributed by atoms with van der Waals surface area (Å²) in [6.07, 6.45) is 2.75. The van der Waals surface area contributed by atoms with Gasteiger partial charge in [-0.3, -0.25) is 9.59 Å². The molecule has 2 amide bonds. The van der Waals surface area contributed by atoms with Crippen LogP contribution in [0.3, 0.4) is 0 Å². The van der Waals surface area contributed by atoms with Crippen molar-refractivity contribution in [3.05, 3.63) is 65.9 Å². The Morgan fingerprint density at radius 2 is 1.82 bits per heavy atom. The van der Waals surface area contributed by atoms with Crippen molar-refractivity contribution in [2.45, 2.75) is 13.3 Å². The molecule has 0 radical (unpaired) electrons.